The molecule has 0 aliphatic carbocycles. The van der Waals surface area contributed by atoms with Crippen LogP contribution in [0.25, 0.3) is 5.69 Å². The maximum atomic E-state index is 11.8. The van der Waals surface area contributed by atoms with Crippen LogP contribution in [0.3, 0.4) is 0 Å². The summed E-state index contributed by atoms with van der Waals surface area (Å²) in [6, 6.07) is 16.7. The molecule has 2 aromatic carbocycles. The average molecular weight is 307 g/mol. The Morgan fingerprint density at radius 3 is 2.52 bits per heavy atom. The highest BCUT2D eigenvalue weighted by molar-refractivity contribution is 5.41. The molecule has 3 aromatic rings. The molecule has 0 saturated heterocycles. The molecule has 0 bridgehead atoms. The predicted molar refractivity (Wildman–Crippen MR) is 84.5 cm³/mol. The number of para-hydroxylation sites is 1. The van der Waals surface area contributed by atoms with E-state index in [1.807, 2.05) is 61.5 Å². The Morgan fingerprint density at radius 1 is 1.09 bits per heavy atom. The summed E-state index contributed by atoms with van der Waals surface area (Å²) < 4.78 is 11.8. The number of rotatable bonds is 3. The molecule has 5 nitrogen and oxygen atoms in total. The summed E-state index contributed by atoms with van der Waals surface area (Å²) >= 11 is 0. The van der Waals surface area contributed by atoms with Gasteiger partial charge in [-0.3, -0.25) is 4.52 Å². The lowest BCUT2D eigenvalue weighted by atomic mass is 10.2. The molecular formula is C18H15N2O3+. The van der Waals surface area contributed by atoms with Gasteiger partial charge in [-0.1, -0.05) is 24.1 Å². The predicted octanol–water partition coefficient (Wildman–Crippen LogP) is 2.04. The molecule has 0 fully saturated rings. The first kappa shape index (κ1) is 14.7. The molecule has 114 valence electrons. The van der Waals surface area contributed by atoms with Gasteiger partial charge in [-0.05, 0) is 41.1 Å². The van der Waals surface area contributed by atoms with Gasteiger partial charge in [0.15, 0.2) is 0 Å². The first-order chi connectivity index (χ1) is 11.3. The third kappa shape index (κ3) is 3.33. The Hall–Kier alpha value is -3.26. The van der Waals surface area contributed by atoms with Crippen molar-refractivity contribution in [2.24, 2.45) is 0 Å². The summed E-state index contributed by atoms with van der Waals surface area (Å²) in [7, 11) is 0. The summed E-state index contributed by atoms with van der Waals surface area (Å²) in [5.74, 6) is 6.61. The van der Waals surface area contributed by atoms with Gasteiger partial charge < -0.3 is 4.74 Å². The molecule has 23 heavy (non-hydrogen) atoms. The number of hydrogen-bond acceptors (Lipinski definition) is 3. The number of H-pyrrole nitrogens is 1. The van der Waals surface area contributed by atoms with Crippen molar-refractivity contribution in [2.75, 3.05) is 6.61 Å². The Bertz CT molecular complexity index is 897. The van der Waals surface area contributed by atoms with Crippen molar-refractivity contribution in [1.29, 1.82) is 0 Å². The van der Waals surface area contributed by atoms with Crippen molar-refractivity contribution < 1.29 is 13.9 Å². The Kier molecular flexibility index (Phi) is 4.25. The molecule has 3 rings (SSSR count). The normalized spacial score (nSPS) is 9.96. The lowest BCUT2D eigenvalue weighted by molar-refractivity contribution is -0.672. The van der Waals surface area contributed by atoms with Gasteiger partial charge in [-0.2, -0.15) is 0 Å². The minimum absolute atomic E-state index is 0.241. The van der Waals surface area contributed by atoms with E-state index in [1.165, 1.54) is 4.68 Å². The fraction of sp³-hybridized carbons (Fsp3) is 0.111. The standard InChI is InChI=1S/C18H14N2O3/c1-2-22-16-11-8-14(9-12-16)10-13-17-18(21)23-19-20(17)15-6-4-3-5-7-15/h3-9,11-12H,2H2,1H3/p+1. The van der Waals surface area contributed by atoms with Crippen molar-refractivity contribution >= 4 is 0 Å². The summed E-state index contributed by atoms with van der Waals surface area (Å²) in [4.78, 5) is 11.8. The van der Waals surface area contributed by atoms with Crippen LogP contribution in [0.5, 0.6) is 5.75 Å². The van der Waals surface area contributed by atoms with Gasteiger partial charge in [0.05, 0.1) is 6.61 Å². The zero-order valence-corrected chi connectivity index (χ0v) is 12.6. The maximum Gasteiger partial charge on any atom is 0.444 e. The number of aromatic amines is 1. The minimum atomic E-state index is -0.507. The smallest absolute Gasteiger partial charge is 0.444 e. The molecule has 0 aliphatic rings. The summed E-state index contributed by atoms with van der Waals surface area (Å²) in [6.07, 6.45) is 0. The molecule has 0 amide bonds. The summed E-state index contributed by atoms with van der Waals surface area (Å²) in [5.41, 5.74) is 1.29. The van der Waals surface area contributed by atoms with Crippen molar-refractivity contribution in [2.45, 2.75) is 6.92 Å². The SMILES string of the molecule is CCOc1ccc(C#Cc2c(=O)o[nH][n+]2-c2ccccc2)cc1. The molecule has 1 N–H and O–H groups in total. The van der Waals surface area contributed by atoms with Gasteiger partial charge in [0.25, 0.3) is 0 Å². The largest absolute Gasteiger partial charge is 0.494 e. The molecule has 0 radical (unpaired) electrons. The molecule has 0 atom stereocenters. The third-order valence-electron chi connectivity index (χ3n) is 3.15. The van der Waals surface area contributed by atoms with Gasteiger partial charge >= 0.3 is 11.3 Å². The Labute approximate surface area is 133 Å². The second-order valence-electron chi connectivity index (χ2n) is 4.71. The zero-order valence-electron chi connectivity index (χ0n) is 12.6. The topological polar surface area (TPSA) is 59.1 Å². The number of nitrogens with one attached hydrogen (secondary N) is 1. The number of benzene rings is 2. The van der Waals surface area contributed by atoms with Crippen molar-refractivity contribution in [3.63, 3.8) is 0 Å². The van der Waals surface area contributed by atoms with Crippen LogP contribution in [0.15, 0.2) is 63.9 Å². The van der Waals surface area contributed by atoms with Crippen molar-refractivity contribution in [3.8, 4) is 23.3 Å². The molecule has 1 aromatic heterocycles. The van der Waals surface area contributed by atoms with Gasteiger partial charge in [-0.25, -0.2) is 4.79 Å². The molecular weight excluding hydrogens is 292 g/mol. The molecule has 0 saturated carbocycles. The van der Waals surface area contributed by atoms with E-state index in [-0.39, 0.29) is 5.69 Å². The van der Waals surface area contributed by atoms with E-state index in [4.69, 9.17) is 9.26 Å². The van der Waals surface area contributed by atoms with E-state index >= 15 is 0 Å². The van der Waals surface area contributed by atoms with Crippen molar-refractivity contribution in [1.82, 2.24) is 5.27 Å². The van der Waals surface area contributed by atoms with Crippen molar-refractivity contribution in [3.05, 3.63) is 76.3 Å². The summed E-state index contributed by atoms with van der Waals surface area (Å²) in [5, 5.41) is 2.56. The van der Waals surface area contributed by atoms with Gasteiger partial charge in [0.2, 0.25) is 5.69 Å². The summed E-state index contributed by atoms with van der Waals surface area (Å²) in [6.45, 7) is 2.55. The average Bonchev–Trinajstić information content (AvgIpc) is 2.96. The Morgan fingerprint density at radius 2 is 1.83 bits per heavy atom. The molecule has 0 aliphatic heterocycles. The fourth-order valence-corrected chi connectivity index (χ4v) is 2.07. The maximum absolute atomic E-state index is 11.8. The van der Waals surface area contributed by atoms with Crippen LogP contribution in [0.1, 0.15) is 18.2 Å². The van der Waals surface area contributed by atoms with E-state index < -0.39 is 5.63 Å². The zero-order chi connectivity index (χ0) is 16.1. The van der Waals surface area contributed by atoms with E-state index in [0.29, 0.717) is 6.61 Å². The van der Waals surface area contributed by atoms with E-state index in [2.05, 4.69) is 17.1 Å². The number of hydrogen-bond donors (Lipinski definition) is 1. The highest BCUT2D eigenvalue weighted by Crippen LogP contribution is 2.11. The number of nitrogens with zero attached hydrogens (tertiary/aromatic N) is 1. The van der Waals surface area contributed by atoms with Gasteiger partial charge in [0, 0.05) is 23.6 Å². The second kappa shape index (κ2) is 6.67. The van der Waals surface area contributed by atoms with E-state index in [9.17, 15) is 4.79 Å². The quantitative estimate of drug-likeness (QED) is 0.595. The van der Waals surface area contributed by atoms with Crippen LogP contribution in [-0.2, 0) is 0 Å². The monoisotopic (exact) mass is 307 g/mol. The van der Waals surface area contributed by atoms with Crippen LogP contribution in [0.4, 0.5) is 0 Å². The lowest BCUT2D eigenvalue weighted by Gasteiger charge is -2.01. The van der Waals surface area contributed by atoms with Crippen LogP contribution >= 0.6 is 0 Å². The molecule has 0 spiro atoms. The van der Waals surface area contributed by atoms with Crippen LogP contribution < -0.4 is 15.0 Å². The number of aromatic nitrogens is 2. The fourth-order valence-electron chi connectivity index (χ4n) is 2.07. The first-order valence-corrected chi connectivity index (χ1v) is 7.22. The number of ether oxygens (including phenoxy) is 1. The first-order valence-electron chi connectivity index (χ1n) is 7.22. The molecule has 5 heteroatoms. The molecule has 0 unspecified atom stereocenters. The van der Waals surface area contributed by atoms with Crippen LogP contribution in [-0.4, -0.2) is 11.9 Å². The Balaban J connectivity index is 1.92. The van der Waals surface area contributed by atoms with Gasteiger partial charge in [0.1, 0.15) is 5.75 Å². The lowest BCUT2D eigenvalue weighted by Crippen LogP contribution is -2.37. The minimum Gasteiger partial charge on any atom is -0.494 e. The second-order valence-corrected chi connectivity index (χ2v) is 4.71. The van der Waals surface area contributed by atoms with E-state index in [1.54, 1.807) is 0 Å². The van der Waals surface area contributed by atoms with Gasteiger partial charge in [-0.15, -0.1) is 0 Å². The highest BCUT2D eigenvalue weighted by Gasteiger charge is 2.20. The van der Waals surface area contributed by atoms with Crippen LogP contribution in [0, 0.1) is 11.8 Å². The van der Waals surface area contributed by atoms with E-state index in [0.717, 1.165) is 17.0 Å². The van der Waals surface area contributed by atoms with Crippen LogP contribution in [0.2, 0.25) is 0 Å². The highest BCUT2D eigenvalue weighted by atomic mass is 16.5. The third-order valence-corrected chi connectivity index (χ3v) is 3.15. The molecule has 1 heterocycles.